The summed E-state index contributed by atoms with van der Waals surface area (Å²) in [6.07, 6.45) is 0. The zero-order valence-corrected chi connectivity index (χ0v) is 5.89. The van der Waals surface area contributed by atoms with Crippen molar-refractivity contribution < 1.29 is 37.0 Å². The quantitative estimate of drug-likeness (QED) is 0.625. The molecule has 0 atom stereocenters. The van der Waals surface area contributed by atoms with Gasteiger partial charge in [0, 0.05) is 0 Å². The summed E-state index contributed by atoms with van der Waals surface area (Å²) >= 11 is -2.51. The van der Waals surface area contributed by atoms with Gasteiger partial charge in [-0.1, -0.05) is 0 Å². The van der Waals surface area contributed by atoms with E-state index in [1.165, 1.54) is 0 Å². The molecule has 0 unspecified atom stereocenters. The van der Waals surface area contributed by atoms with E-state index in [0.29, 0.717) is 0 Å². The van der Waals surface area contributed by atoms with Crippen LogP contribution in [0.2, 0.25) is 0 Å². The second kappa shape index (κ2) is 9.54. The SMILES string of the molecule is F.[O]=[U]=[O]. The Labute approximate surface area is 37.2 Å². The van der Waals surface area contributed by atoms with Crippen LogP contribution in [0.25, 0.3) is 0 Å². The van der Waals surface area contributed by atoms with Crippen molar-refractivity contribution in [2.45, 2.75) is 0 Å². The molecule has 2 nitrogen and oxygen atoms in total. The van der Waals surface area contributed by atoms with Crippen molar-refractivity contribution in [3.8, 4) is 0 Å². The molecule has 4 heteroatoms. The summed E-state index contributed by atoms with van der Waals surface area (Å²) in [5.74, 6) is 0. The van der Waals surface area contributed by atoms with Crippen LogP contribution in [0, 0.1) is 27.8 Å². The van der Waals surface area contributed by atoms with E-state index in [-0.39, 0.29) is 4.70 Å². The first-order chi connectivity index (χ1) is 1.41. The number of halogens is 1. The Balaban J connectivity index is 0. The molecule has 0 radical (unpaired) electrons. The van der Waals surface area contributed by atoms with Crippen LogP contribution in [-0.4, -0.2) is 0 Å². The van der Waals surface area contributed by atoms with Crippen LogP contribution < -0.4 is 0 Å². The minimum atomic E-state index is -2.51. The van der Waals surface area contributed by atoms with Gasteiger partial charge in [0.25, 0.3) is 0 Å². The van der Waals surface area contributed by atoms with E-state index in [1.54, 1.807) is 0 Å². The monoisotopic (exact) mass is 290 g/mol. The van der Waals surface area contributed by atoms with E-state index in [9.17, 15) is 0 Å². The third kappa shape index (κ3) is 19.1. The van der Waals surface area contributed by atoms with Gasteiger partial charge in [-0.3, -0.25) is 4.70 Å². The molecular formula is HFO2U. The summed E-state index contributed by atoms with van der Waals surface area (Å²) in [4.78, 5) is 0. The van der Waals surface area contributed by atoms with Crippen molar-refractivity contribution in [2.24, 2.45) is 0 Å². The molecule has 0 aromatic carbocycles. The molecule has 0 N–H and O–H groups in total. The molecular weight excluding hydrogens is 289 g/mol. The number of hydrogen-bond donors (Lipinski definition) is 0. The third-order valence-electron chi connectivity index (χ3n) is 0. The fraction of sp³-hybridized carbons (Fsp3) is 0. The average Bonchev–Trinajstić information content (AvgIpc) is 0.918. The Morgan fingerprint density at radius 3 is 1.25 bits per heavy atom. The van der Waals surface area contributed by atoms with Gasteiger partial charge >= 0.3 is 32.3 Å². The normalized spacial score (nSPS) is 2.00. The molecule has 0 aliphatic carbocycles. The minimum absolute atomic E-state index is 0. The van der Waals surface area contributed by atoms with E-state index in [1.807, 2.05) is 0 Å². The summed E-state index contributed by atoms with van der Waals surface area (Å²) in [6.45, 7) is 0. The fourth-order valence-electron chi connectivity index (χ4n) is 0. The van der Waals surface area contributed by atoms with Crippen LogP contribution in [0.15, 0.2) is 0 Å². The molecule has 4 heavy (non-hydrogen) atoms. The van der Waals surface area contributed by atoms with Gasteiger partial charge in [0.1, 0.15) is 0 Å². The molecule has 0 aromatic rings. The van der Waals surface area contributed by atoms with Crippen LogP contribution in [-0.2, 0) is 4.47 Å². The van der Waals surface area contributed by atoms with Gasteiger partial charge in [-0.05, 0) is 0 Å². The molecule has 0 aromatic heterocycles. The summed E-state index contributed by atoms with van der Waals surface area (Å²) in [5, 5.41) is 0. The second-order valence-corrected chi connectivity index (χ2v) is 0.777. The first kappa shape index (κ1) is 8.82. The molecule has 0 saturated carbocycles. The van der Waals surface area contributed by atoms with Crippen molar-refractivity contribution in [1.29, 1.82) is 0 Å². The molecule has 0 heterocycles. The Morgan fingerprint density at radius 1 is 1.25 bits per heavy atom. The number of hydrogen-bond acceptors (Lipinski definition) is 2. The Kier molecular flexibility index (Phi) is 21.0. The van der Waals surface area contributed by atoms with Crippen molar-refractivity contribution >= 4 is 0 Å². The molecule has 0 fully saturated rings. The van der Waals surface area contributed by atoms with Gasteiger partial charge in [0.05, 0.1) is 0 Å². The Morgan fingerprint density at radius 2 is 1.25 bits per heavy atom. The van der Waals surface area contributed by atoms with Crippen LogP contribution in [0.5, 0.6) is 0 Å². The maximum absolute atomic E-state index is 8.58. The zero-order chi connectivity index (χ0) is 2.71. The molecule has 0 rings (SSSR count). The Hall–Kier alpha value is 0.582. The van der Waals surface area contributed by atoms with E-state index in [0.717, 1.165) is 0 Å². The fourth-order valence-corrected chi connectivity index (χ4v) is 0. The van der Waals surface area contributed by atoms with Gasteiger partial charge in [-0.25, -0.2) is 0 Å². The van der Waals surface area contributed by atoms with E-state index in [2.05, 4.69) is 0 Å². The van der Waals surface area contributed by atoms with Crippen molar-refractivity contribution in [3.05, 3.63) is 0 Å². The van der Waals surface area contributed by atoms with E-state index in [4.69, 9.17) is 4.47 Å². The molecule has 0 aliphatic heterocycles. The van der Waals surface area contributed by atoms with Crippen LogP contribution >= 0.6 is 0 Å². The van der Waals surface area contributed by atoms with Crippen LogP contribution in [0.1, 0.15) is 0 Å². The third-order valence-corrected chi connectivity index (χ3v) is 0. The first-order valence-electron chi connectivity index (χ1n) is 0.408. The van der Waals surface area contributed by atoms with E-state index >= 15 is 0 Å². The van der Waals surface area contributed by atoms with Crippen LogP contribution in [0.4, 0.5) is 4.70 Å². The summed E-state index contributed by atoms with van der Waals surface area (Å²) in [6, 6.07) is 0. The summed E-state index contributed by atoms with van der Waals surface area (Å²) in [7, 11) is 0. The molecule has 0 bridgehead atoms. The van der Waals surface area contributed by atoms with Gasteiger partial charge < -0.3 is 0 Å². The number of rotatable bonds is 0. The van der Waals surface area contributed by atoms with Crippen LogP contribution in [0.3, 0.4) is 0 Å². The maximum atomic E-state index is 8.58. The van der Waals surface area contributed by atoms with Gasteiger partial charge in [0.15, 0.2) is 0 Å². The summed E-state index contributed by atoms with van der Waals surface area (Å²) in [5.41, 5.74) is 0. The van der Waals surface area contributed by atoms with E-state index < -0.39 is 27.8 Å². The van der Waals surface area contributed by atoms with Gasteiger partial charge in [0.2, 0.25) is 0 Å². The first-order valence-corrected chi connectivity index (χ1v) is 3.81. The van der Waals surface area contributed by atoms with Crippen molar-refractivity contribution in [2.75, 3.05) is 0 Å². The predicted octanol–water partition coefficient (Wildman–Crippen LogP) is -0.0851. The topological polar surface area (TPSA) is 34.1 Å². The van der Waals surface area contributed by atoms with Gasteiger partial charge in [-0.15, -0.1) is 0 Å². The van der Waals surface area contributed by atoms with Crippen molar-refractivity contribution in [1.82, 2.24) is 0 Å². The molecule has 0 spiro atoms. The second-order valence-electron chi connectivity index (χ2n) is 0.0833. The summed E-state index contributed by atoms with van der Waals surface area (Å²) < 4.78 is 17.2. The molecule has 24 valence electrons. The molecule has 0 saturated heterocycles. The van der Waals surface area contributed by atoms with Gasteiger partial charge in [-0.2, -0.15) is 0 Å². The average molecular weight is 290 g/mol. The standard InChI is InChI=1S/FH.2O.U/h1H;;;. The molecule has 0 amide bonds. The molecule has 0 aliphatic rings. The Bertz CT molecular complexity index is 27.0. The van der Waals surface area contributed by atoms with Crippen molar-refractivity contribution in [3.63, 3.8) is 0 Å². The predicted molar refractivity (Wildman–Crippen MR) is 3.88 cm³/mol. The zero-order valence-electron chi connectivity index (χ0n) is 1.72.